The second-order valence-electron chi connectivity index (χ2n) is 10.6. The fraction of sp³-hybridized carbons (Fsp3) is 0.273. The lowest BCUT2D eigenvalue weighted by molar-refractivity contribution is -0.152. The maximum atomic E-state index is 14.7. The molecule has 0 saturated carbocycles. The van der Waals surface area contributed by atoms with Gasteiger partial charge in [0.05, 0.1) is 28.2 Å². The van der Waals surface area contributed by atoms with Gasteiger partial charge in [-0.1, -0.05) is 61.9 Å². The molecule has 1 unspecified atom stereocenters. The molecule has 1 N–H and O–H groups in total. The molecule has 3 heterocycles. The number of hydrogen-bond acceptors (Lipinski definition) is 5. The summed E-state index contributed by atoms with van der Waals surface area (Å²) in [5.41, 5.74) is 0.171. The summed E-state index contributed by atoms with van der Waals surface area (Å²) in [5.74, 6) is -1.59. The lowest BCUT2D eigenvalue weighted by Gasteiger charge is -2.36. The van der Waals surface area contributed by atoms with Gasteiger partial charge in [0.15, 0.2) is 0 Å². The Hall–Kier alpha value is -4.37. The summed E-state index contributed by atoms with van der Waals surface area (Å²) >= 11 is 0. The molecule has 0 bridgehead atoms. The van der Waals surface area contributed by atoms with Gasteiger partial charge in [-0.3, -0.25) is 9.69 Å². The molecule has 6 nitrogen and oxygen atoms in total. The summed E-state index contributed by atoms with van der Waals surface area (Å²) in [7, 11) is 0. The molecule has 0 radical (unpaired) electrons. The van der Waals surface area contributed by atoms with Crippen molar-refractivity contribution in [2.24, 2.45) is 0 Å². The third-order valence-electron chi connectivity index (χ3n) is 7.92. The molecule has 1 atom stereocenters. The zero-order valence-electron chi connectivity index (χ0n) is 23.1. The normalized spacial score (nSPS) is 15.2. The number of rotatable bonds is 6. The number of hydrogen-bond donors (Lipinski definition) is 1. The zero-order valence-corrected chi connectivity index (χ0v) is 23.1. The summed E-state index contributed by atoms with van der Waals surface area (Å²) in [5, 5.41) is 15.9. The minimum absolute atomic E-state index is 0.0187. The van der Waals surface area contributed by atoms with Crippen LogP contribution in [0.1, 0.15) is 54.7 Å². The summed E-state index contributed by atoms with van der Waals surface area (Å²) < 4.78 is 51.2. The highest BCUT2D eigenvalue weighted by molar-refractivity contribution is 5.88. The smallest absolute Gasteiger partial charge is 0.450 e. The van der Waals surface area contributed by atoms with Crippen LogP contribution in [-0.4, -0.2) is 32.9 Å². The SMILES string of the molecule is CCc1cc2c(=O)c(-c3ccn(-c4ccccc4)n3)c(C(F)(F)F)oc2c(C(c2ccccc2)N2CCCCC2)c1O. The summed E-state index contributed by atoms with van der Waals surface area (Å²) in [6.07, 6.45) is -0.234. The van der Waals surface area contributed by atoms with E-state index in [4.69, 9.17) is 4.42 Å². The topological polar surface area (TPSA) is 71.5 Å². The summed E-state index contributed by atoms with van der Waals surface area (Å²) in [6.45, 7) is 3.22. The maximum absolute atomic E-state index is 14.7. The Morgan fingerprint density at radius 1 is 0.976 bits per heavy atom. The molecule has 0 spiro atoms. The number of fused-ring (bicyclic) bond motifs is 1. The lowest BCUT2D eigenvalue weighted by atomic mass is 9.90. The van der Waals surface area contributed by atoms with Crippen molar-refractivity contribution in [1.82, 2.24) is 14.7 Å². The fourth-order valence-corrected chi connectivity index (χ4v) is 5.91. The highest BCUT2D eigenvalue weighted by atomic mass is 19.4. The quantitative estimate of drug-likeness (QED) is 0.228. The van der Waals surface area contributed by atoms with E-state index < -0.39 is 29.0 Å². The minimum Gasteiger partial charge on any atom is -0.507 e. The molecule has 2 aromatic heterocycles. The van der Waals surface area contributed by atoms with Crippen molar-refractivity contribution in [2.75, 3.05) is 13.1 Å². The lowest BCUT2D eigenvalue weighted by Crippen LogP contribution is -2.34. The fourth-order valence-electron chi connectivity index (χ4n) is 5.91. The Bertz CT molecular complexity index is 1770. The van der Waals surface area contributed by atoms with E-state index in [1.807, 2.05) is 43.3 Å². The van der Waals surface area contributed by atoms with Gasteiger partial charge >= 0.3 is 6.18 Å². The van der Waals surface area contributed by atoms with E-state index >= 15 is 0 Å². The number of phenolic OH excluding ortho intramolecular Hbond substituents is 1. The molecular formula is C33H30F3N3O3. The monoisotopic (exact) mass is 573 g/mol. The number of aromatic hydroxyl groups is 1. The van der Waals surface area contributed by atoms with Gasteiger partial charge in [-0.2, -0.15) is 18.3 Å². The molecule has 0 aliphatic carbocycles. The van der Waals surface area contributed by atoms with Crippen molar-refractivity contribution in [1.29, 1.82) is 0 Å². The van der Waals surface area contributed by atoms with Crippen molar-refractivity contribution >= 4 is 11.0 Å². The van der Waals surface area contributed by atoms with E-state index in [2.05, 4.69) is 10.00 Å². The minimum atomic E-state index is -5.00. The van der Waals surface area contributed by atoms with Gasteiger partial charge in [0.1, 0.15) is 17.0 Å². The Labute approximate surface area is 240 Å². The van der Waals surface area contributed by atoms with Crippen LogP contribution < -0.4 is 5.43 Å². The number of benzene rings is 3. The highest BCUT2D eigenvalue weighted by Crippen LogP contribution is 2.45. The molecule has 9 heteroatoms. The number of aryl methyl sites for hydroxylation is 1. The van der Waals surface area contributed by atoms with Crippen LogP contribution in [0.3, 0.4) is 0 Å². The van der Waals surface area contributed by atoms with Gasteiger partial charge < -0.3 is 9.52 Å². The van der Waals surface area contributed by atoms with Crippen LogP contribution in [-0.2, 0) is 12.6 Å². The molecule has 1 aliphatic heterocycles. The molecule has 216 valence electrons. The molecule has 1 saturated heterocycles. The number of phenols is 1. The van der Waals surface area contributed by atoms with Crippen LogP contribution in [0.15, 0.2) is 88.2 Å². The largest absolute Gasteiger partial charge is 0.507 e. The van der Waals surface area contributed by atoms with Crippen molar-refractivity contribution in [2.45, 2.75) is 44.8 Å². The van der Waals surface area contributed by atoms with Crippen LogP contribution >= 0.6 is 0 Å². The van der Waals surface area contributed by atoms with E-state index in [9.17, 15) is 23.1 Å². The van der Waals surface area contributed by atoms with E-state index in [1.165, 1.54) is 23.0 Å². The van der Waals surface area contributed by atoms with E-state index in [-0.39, 0.29) is 28.0 Å². The van der Waals surface area contributed by atoms with Crippen LogP contribution in [0, 0.1) is 0 Å². The summed E-state index contributed by atoms with van der Waals surface area (Å²) in [6, 6.07) is 20.5. The Morgan fingerprint density at radius 3 is 2.29 bits per heavy atom. The van der Waals surface area contributed by atoms with Crippen LogP contribution in [0.25, 0.3) is 27.9 Å². The first-order valence-corrected chi connectivity index (χ1v) is 14.1. The number of piperidine rings is 1. The Kier molecular flexibility index (Phi) is 7.36. The predicted octanol–water partition coefficient (Wildman–Crippen LogP) is 7.51. The van der Waals surface area contributed by atoms with Gasteiger partial charge in [-0.15, -0.1) is 0 Å². The number of nitrogens with zero attached hydrogens (tertiary/aromatic N) is 3. The van der Waals surface area contributed by atoms with E-state index in [0.29, 0.717) is 30.8 Å². The Balaban J connectivity index is 1.65. The molecule has 1 aliphatic rings. The number of aromatic nitrogens is 2. The second kappa shape index (κ2) is 11.1. The number of likely N-dealkylation sites (tertiary alicyclic amines) is 1. The standard InChI is InChI=1S/C33H30F3N3O3/c1-2-21-20-24-30(41)26(25-16-19-39(37-25)23-14-8-4-9-15-23)32(33(34,35)36)42-31(24)27(29(21)40)28(22-12-6-3-7-13-22)38-17-10-5-11-18-38/h3-4,6-9,12-16,19-20,28,40H,2,5,10-11,17-18H2,1H3. The molecule has 6 rings (SSSR count). The maximum Gasteiger partial charge on any atom is 0.450 e. The van der Waals surface area contributed by atoms with E-state index in [1.54, 1.807) is 24.3 Å². The third-order valence-corrected chi connectivity index (χ3v) is 7.92. The van der Waals surface area contributed by atoms with Crippen molar-refractivity contribution in [3.05, 3.63) is 112 Å². The van der Waals surface area contributed by atoms with E-state index in [0.717, 1.165) is 24.8 Å². The van der Waals surface area contributed by atoms with Crippen LogP contribution in [0.5, 0.6) is 5.75 Å². The molecule has 1 fully saturated rings. The molecule has 3 aromatic carbocycles. The van der Waals surface area contributed by atoms with Gasteiger partial charge in [0.25, 0.3) is 0 Å². The average molecular weight is 574 g/mol. The summed E-state index contributed by atoms with van der Waals surface area (Å²) in [4.78, 5) is 16.3. The molecule has 42 heavy (non-hydrogen) atoms. The van der Waals surface area contributed by atoms with Gasteiger partial charge in [0.2, 0.25) is 11.2 Å². The van der Waals surface area contributed by atoms with Crippen LogP contribution in [0.4, 0.5) is 13.2 Å². The molecular weight excluding hydrogens is 543 g/mol. The highest BCUT2D eigenvalue weighted by Gasteiger charge is 2.41. The first-order valence-electron chi connectivity index (χ1n) is 14.1. The molecule has 0 amide bonds. The average Bonchev–Trinajstić information content (AvgIpc) is 3.49. The first-order chi connectivity index (χ1) is 20.3. The van der Waals surface area contributed by atoms with Crippen molar-refractivity contribution < 1.29 is 22.7 Å². The second-order valence-corrected chi connectivity index (χ2v) is 10.6. The van der Waals surface area contributed by atoms with Gasteiger partial charge in [-0.25, -0.2) is 4.68 Å². The predicted molar refractivity (Wildman–Crippen MR) is 155 cm³/mol. The number of para-hydroxylation sites is 1. The number of alkyl halides is 3. The zero-order chi connectivity index (χ0) is 29.4. The molecule has 5 aromatic rings. The van der Waals surface area contributed by atoms with Gasteiger partial charge in [0, 0.05) is 6.20 Å². The van der Waals surface area contributed by atoms with Crippen molar-refractivity contribution in [3.8, 4) is 22.7 Å². The van der Waals surface area contributed by atoms with Crippen molar-refractivity contribution in [3.63, 3.8) is 0 Å². The van der Waals surface area contributed by atoms with Gasteiger partial charge in [-0.05, 0) is 67.7 Å². The number of halogens is 3. The van der Waals surface area contributed by atoms with Crippen LogP contribution in [0.2, 0.25) is 0 Å². The Morgan fingerprint density at radius 2 is 1.64 bits per heavy atom. The third kappa shape index (κ3) is 4.98. The first kappa shape index (κ1) is 27.8.